The van der Waals surface area contributed by atoms with E-state index in [9.17, 15) is 14.9 Å². The maximum absolute atomic E-state index is 12.7. The molecule has 2 aliphatic rings. The zero-order chi connectivity index (χ0) is 18.2. The standard InChI is InChI=1S/C19H23ClN2O3/c1-19(2)11-13-8-15(20)17(22(24)25)9-14(13)16(21-19)10-18(23)12-6-4-3-5-7-12/h8-10,12,21H,3-7,11H2,1-2H3/b16-10-. The van der Waals surface area contributed by atoms with Crippen molar-refractivity contribution < 1.29 is 9.72 Å². The van der Waals surface area contributed by atoms with Crippen molar-refractivity contribution in [3.8, 4) is 0 Å². The van der Waals surface area contributed by atoms with Gasteiger partial charge >= 0.3 is 0 Å². The lowest BCUT2D eigenvalue weighted by molar-refractivity contribution is -0.384. The number of carbonyl (C=O) groups is 1. The molecule has 0 spiro atoms. The van der Waals surface area contributed by atoms with Gasteiger partial charge in [0.15, 0.2) is 5.78 Å². The molecule has 0 radical (unpaired) electrons. The van der Waals surface area contributed by atoms with Gasteiger partial charge in [-0.3, -0.25) is 14.9 Å². The molecule has 6 heteroatoms. The molecule has 1 N–H and O–H groups in total. The summed E-state index contributed by atoms with van der Waals surface area (Å²) < 4.78 is 0. The quantitative estimate of drug-likeness (QED) is 0.482. The molecule has 0 amide bonds. The number of hydrogen-bond donors (Lipinski definition) is 1. The van der Waals surface area contributed by atoms with Gasteiger partial charge in [0.25, 0.3) is 5.69 Å². The molecule has 25 heavy (non-hydrogen) atoms. The Morgan fingerprint density at radius 2 is 2.00 bits per heavy atom. The highest BCUT2D eigenvalue weighted by atomic mass is 35.5. The molecule has 0 unspecified atom stereocenters. The van der Waals surface area contributed by atoms with Crippen LogP contribution in [0.25, 0.3) is 5.70 Å². The molecule has 1 heterocycles. The van der Waals surface area contributed by atoms with E-state index in [4.69, 9.17) is 11.6 Å². The van der Waals surface area contributed by atoms with Gasteiger partial charge in [0, 0.05) is 34.9 Å². The SMILES string of the molecule is CC1(C)Cc2cc(Cl)c([N+](=O)[O-])cc2/C(=C/C(=O)C2CCCCC2)N1. The smallest absolute Gasteiger partial charge is 0.288 e. The minimum Gasteiger partial charge on any atom is -0.379 e. The van der Waals surface area contributed by atoms with E-state index in [0.29, 0.717) is 17.7 Å². The number of fused-ring (bicyclic) bond motifs is 1. The van der Waals surface area contributed by atoms with E-state index < -0.39 is 4.92 Å². The fourth-order valence-electron chi connectivity index (χ4n) is 3.85. The Labute approximate surface area is 152 Å². The number of nitro groups is 1. The second kappa shape index (κ2) is 6.79. The number of allylic oxidation sites excluding steroid dienone is 1. The summed E-state index contributed by atoms with van der Waals surface area (Å²) in [6.45, 7) is 4.09. The van der Waals surface area contributed by atoms with Crippen LogP contribution in [0.3, 0.4) is 0 Å². The van der Waals surface area contributed by atoms with Crippen molar-refractivity contribution >= 4 is 28.8 Å². The van der Waals surface area contributed by atoms with Gasteiger partial charge in [-0.15, -0.1) is 0 Å². The normalized spacial score (nSPS) is 21.5. The Balaban J connectivity index is 2.02. The number of ketones is 1. The second-order valence-electron chi connectivity index (χ2n) is 7.70. The number of hydrogen-bond acceptors (Lipinski definition) is 4. The van der Waals surface area contributed by atoms with Gasteiger partial charge in [-0.2, -0.15) is 0 Å². The van der Waals surface area contributed by atoms with Gasteiger partial charge in [0.05, 0.1) is 4.92 Å². The summed E-state index contributed by atoms with van der Waals surface area (Å²) in [6, 6.07) is 3.15. The van der Waals surface area contributed by atoms with Crippen molar-refractivity contribution in [2.45, 2.75) is 57.9 Å². The molecular weight excluding hydrogens is 340 g/mol. The zero-order valence-electron chi connectivity index (χ0n) is 14.6. The third-order valence-electron chi connectivity index (χ3n) is 5.06. The third-order valence-corrected chi connectivity index (χ3v) is 5.36. The molecule has 1 aromatic rings. The lowest BCUT2D eigenvalue weighted by Gasteiger charge is -2.35. The molecule has 1 aliphatic carbocycles. The molecule has 1 fully saturated rings. The Morgan fingerprint density at radius 3 is 2.64 bits per heavy atom. The van der Waals surface area contributed by atoms with Crippen molar-refractivity contribution in [2.75, 3.05) is 0 Å². The average Bonchev–Trinajstić information content (AvgIpc) is 2.53. The second-order valence-corrected chi connectivity index (χ2v) is 8.11. The Morgan fingerprint density at radius 1 is 1.32 bits per heavy atom. The average molecular weight is 363 g/mol. The van der Waals surface area contributed by atoms with E-state index in [-0.39, 0.29) is 28.0 Å². The number of benzene rings is 1. The fourth-order valence-corrected chi connectivity index (χ4v) is 4.11. The highest BCUT2D eigenvalue weighted by Crippen LogP contribution is 2.37. The van der Waals surface area contributed by atoms with Crippen LogP contribution in [-0.2, 0) is 11.2 Å². The minimum atomic E-state index is -0.483. The van der Waals surface area contributed by atoms with Crippen molar-refractivity contribution in [1.82, 2.24) is 5.32 Å². The van der Waals surface area contributed by atoms with Crippen LogP contribution in [0.4, 0.5) is 5.69 Å². The lowest BCUT2D eigenvalue weighted by Crippen LogP contribution is -2.44. The fraction of sp³-hybridized carbons (Fsp3) is 0.526. The molecule has 0 atom stereocenters. The van der Waals surface area contributed by atoms with Crippen LogP contribution in [-0.4, -0.2) is 16.2 Å². The summed E-state index contributed by atoms with van der Waals surface area (Å²) in [5.41, 5.74) is 1.94. The number of halogens is 1. The first-order chi connectivity index (χ1) is 11.8. The third kappa shape index (κ3) is 3.87. The van der Waals surface area contributed by atoms with Gasteiger partial charge in [-0.1, -0.05) is 30.9 Å². The van der Waals surface area contributed by atoms with E-state index >= 15 is 0 Å². The first-order valence-corrected chi connectivity index (χ1v) is 9.15. The largest absolute Gasteiger partial charge is 0.379 e. The van der Waals surface area contributed by atoms with Gasteiger partial charge in [0.2, 0.25) is 0 Å². The lowest BCUT2D eigenvalue weighted by atomic mass is 9.83. The Hall–Kier alpha value is -1.88. The number of nitro benzene ring substituents is 1. The summed E-state index contributed by atoms with van der Waals surface area (Å²) in [4.78, 5) is 23.4. The van der Waals surface area contributed by atoms with Gasteiger partial charge in [0.1, 0.15) is 5.02 Å². The van der Waals surface area contributed by atoms with E-state index in [1.807, 2.05) is 13.8 Å². The highest BCUT2D eigenvalue weighted by Gasteiger charge is 2.31. The predicted octanol–water partition coefficient (Wildman–Crippen LogP) is 4.66. The summed E-state index contributed by atoms with van der Waals surface area (Å²) >= 11 is 6.08. The predicted molar refractivity (Wildman–Crippen MR) is 98.6 cm³/mol. The first-order valence-electron chi connectivity index (χ1n) is 8.78. The highest BCUT2D eigenvalue weighted by molar-refractivity contribution is 6.32. The summed E-state index contributed by atoms with van der Waals surface area (Å²) in [5, 5.41) is 14.7. The molecule has 134 valence electrons. The van der Waals surface area contributed by atoms with E-state index in [1.165, 1.54) is 12.5 Å². The summed E-state index contributed by atoms with van der Waals surface area (Å²) in [7, 11) is 0. The monoisotopic (exact) mass is 362 g/mol. The molecule has 1 aliphatic heterocycles. The van der Waals surface area contributed by atoms with Crippen LogP contribution in [0.5, 0.6) is 0 Å². The minimum absolute atomic E-state index is 0.0684. The van der Waals surface area contributed by atoms with E-state index in [0.717, 1.165) is 31.2 Å². The van der Waals surface area contributed by atoms with Crippen molar-refractivity contribution in [2.24, 2.45) is 5.92 Å². The van der Waals surface area contributed by atoms with Gasteiger partial charge < -0.3 is 5.32 Å². The maximum Gasteiger partial charge on any atom is 0.288 e. The first kappa shape index (κ1) is 17.9. The van der Waals surface area contributed by atoms with Crippen LogP contribution >= 0.6 is 11.6 Å². The zero-order valence-corrected chi connectivity index (χ0v) is 15.4. The van der Waals surface area contributed by atoms with Gasteiger partial charge in [-0.25, -0.2) is 0 Å². The summed E-state index contributed by atoms with van der Waals surface area (Å²) in [5.74, 6) is 0.183. The maximum atomic E-state index is 12.7. The molecule has 1 aromatic carbocycles. The topological polar surface area (TPSA) is 72.2 Å². The van der Waals surface area contributed by atoms with E-state index in [1.54, 1.807) is 12.1 Å². The van der Waals surface area contributed by atoms with Crippen LogP contribution in [0.15, 0.2) is 18.2 Å². The van der Waals surface area contributed by atoms with Crippen LogP contribution in [0.2, 0.25) is 5.02 Å². The molecule has 5 nitrogen and oxygen atoms in total. The molecule has 0 bridgehead atoms. The van der Waals surface area contributed by atoms with Crippen LogP contribution in [0.1, 0.15) is 57.1 Å². The van der Waals surface area contributed by atoms with Gasteiger partial charge in [-0.05, 0) is 44.7 Å². The Kier molecular flexibility index (Phi) is 4.87. The molecule has 0 saturated heterocycles. The number of carbonyl (C=O) groups excluding carboxylic acids is 1. The number of nitrogens with one attached hydrogen (secondary N) is 1. The number of rotatable bonds is 3. The van der Waals surface area contributed by atoms with Crippen molar-refractivity contribution in [3.63, 3.8) is 0 Å². The van der Waals surface area contributed by atoms with Crippen molar-refractivity contribution in [1.29, 1.82) is 0 Å². The van der Waals surface area contributed by atoms with Crippen LogP contribution in [0, 0.1) is 16.0 Å². The summed E-state index contributed by atoms with van der Waals surface area (Å²) in [6.07, 6.45) is 7.58. The van der Waals surface area contributed by atoms with Crippen LogP contribution < -0.4 is 5.32 Å². The molecular formula is C19H23ClN2O3. The molecule has 1 saturated carbocycles. The molecule has 3 rings (SSSR count). The van der Waals surface area contributed by atoms with E-state index in [2.05, 4.69) is 5.32 Å². The molecule has 0 aromatic heterocycles. The Bertz CT molecular complexity index is 749. The number of nitrogens with zero attached hydrogens (tertiary/aromatic N) is 1. The van der Waals surface area contributed by atoms with Crippen molar-refractivity contribution in [3.05, 3.63) is 44.5 Å².